The standard InChI is InChI=1S/C11H13FO3/c1-3-7(2)15-10-5-4-8(12)6-9(10)11(13)14/h4-7H,3H2,1-2H3,(H,13,14). The van der Waals surface area contributed by atoms with Gasteiger partial charge in [-0.05, 0) is 31.5 Å². The van der Waals surface area contributed by atoms with Crippen LogP contribution in [0.3, 0.4) is 0 Å². The predicted octanol–water partition coefficient (Wildman–Crippen LogP) is 2.70. The van der Waals surface area contributed by atoms with Crippen molar-refractivity contribution in [1.82, 2.24) is 0 Å². The first-order valence-electron chi connectivity index (χ1n) is 4.74. The van der Waals surface area contributed by atoms with Crippen molar-refractivity contribution in [3.05, 3.63) is 29.6 Å². The minimum absolute atomic E-state index is 0.0893. The maximum Gasteiger partial charge on any atom is 0.339 e. The van der Waals surface area contributed by atoms with Gasteiger partial charge >= 0.3 is 5.97 Å². The molecule has 0 heterocycles. The van der Waals surface area contributed by atoms with Crippen LogP contribution in [0, 0.1) is 5.82 Å². The molecular weight excluding hydrogens is 199 g/mol. The van der Waals surface area contributed by atoms with Gasteiger partial charge in [0.15, 0.2) is 0 Å². The SMILES string of the molecule is CCC(C)Oc1ccc(F)cc1C(=O)O. The van der Waals surface area contributed by atoms with Crippen LogP contribution < -0.4 is 4.74 Å². The van der Waals surface area contributed by atoms with Gasteiger partial charge in [-0.3, -0.25) is 0 Å². The van der Waals surface area contributed by atoms with Crippen molar-refractivity contribution in [1.29, 1.82) is 0 Å². The summed E-state index contributed by atoms with van der Waals surface area (Å²) in [6.07, 6.45) is 0.671. The Labute approximate surface area is 87.5 Å². The average Bonchev–Trinajstić information content (AvgIpc) is 2.20. The highest BCUT2D eigenvalue weighted by Crippen LogP contribution is 2.21. The average molecular weight is 212 g/mol. The van der Waals surface area contributed by atoms with E-state index < -0.39 is 11.8 Å². The Hall–Kier alpha value is -1.58. The molecule has 1 N–H and O–H groups in total. The molecule has 1 aromatic rings. The third kappa shape index (κ3) is 2.94. The van der Waals surface area contributed by atoms with E-state index in [0.29, 0.717) is 0 Å². The van der Waals surface area contributed by atoms with E-state index >= 15 is 0 Å². The number of aromatic carboxylic acids is 1. The van der Waals surface area contributed by atoms with Crippen LogP contribution in [-0.4, -0.2) is 17.2 Å². The fourth-order valence-electron chi connectivity index (χ4n) is 1.07. The molecule has 0 bridgehead atoms. The van der Waals surface area contributed by atoms with Gasteiger partial charge < -0.3 is 9.84 Å². The summed E-state index contributed by atoms with van der Waals surface area (Å²) in [6, 6.07) is 3.48. The Morgan fingerprint density at radius 1 is 1.60 bits per heavy atom. The van der Waals surface area contributed by atoms with Crippen molar-refractivity contribution in [3.8, 4) is 5.75 Å². The zero-order chi connectivity index (χ0) is 11.4. The molecule has 0 aromatic heterocycles. The van der Waals surface area contributed by atoms with Crippen molar-refractivity contribution in [2.75, 3.05) is 0 Å². The number of hydrogen-bond acceptors (Lipinski definition) is 2. The van der Waals surface area contributed by atoms with E-state index in [2.05, 4.69) is 0 Å². The quantitative estimate of drug-likeness (QED) is 0.834. The van der Waals surface area contributed by atoms with Crippen molar-refractivity contribution in [2.45, 2.75) is 26.4 Å². The highest BCUT2D eigenvalue weighted by atomic mass is 19.1. The van der Waals surface area contributed by atoms with E-state index in [-0.39, 0.29) is 17.4 Å². The summed E-state index contributed by atoms with van der Waals surface area (Å²) in [4.78, 5) is 10.8. The first kappa shape index (κ1) is 11.5. The summed E-state index contributed by atoms with van der Waals surface area (Å²) < 4.78 is 18.2. The lowest BCUT2D eigenvalue weighted by Gasteiger charge is -2.14. The normalized spacial score (nSPS) is 12.2. The highest BCUT2D eigenvalue weighted by molar-refractivity contribution is 5.90. The molecule has 0 radical (unpaired) electrons. The van der Waals surface area contributed by atoms with Gasteiger partial charge in [0.25, 0.3) is 0 Å². The maximum atomic E-state index is 12.8. The largest absolute Gasteiger partial charge is 0.490 e. The molecule has 0 spiro atoms. The van der Waals surface area contributed by atoms with Crippen molar-refractivity contribution < 1.29 is 19.0 Å². The lowest BCUT2D eigenvalue weighted by Crippen LogP contribution is -2.12. The first-order chi connectivity index (χ1) is 7.04. The zero-order valence-corrected chi connectivity index (χ0v) is 8.66. The maximum absolute atomic E-state index is 12.8. The van der Waals surface area contributed by atoms with Crippen molar-refractivity contribution in [3.63, 3.8) is 0 Å². The number of rotatable bonds is 4. The summed E-state index contributed by atoms with van der Waals surface area (Å²) in [6.45, 7) is 3.75. The lowest BCUT2D eigenvalue weighted by molar-refractivity contribution is 0.0689. The first-order valence-corrected chi connectivity index (χ1v) is 4.74. The Morgan fingerprint density at radius 3 is 2.80 bits per heavy atom. The molecule has 0 aliphatic rings. The monoisotopic (exact) mass is 212 g/mol. The second-order valence-electron chi connectivity index (χ2n) is 3.28. The van der Waals surface area contributed by atoms with E-state index in [1.807, 2.05) is 13.8 Å². The van der Waals surface area contributed by atoms with Gasteiger partial charge in [-0.2, -0.15) is 0 Å². The molecule has 0 fully saturated rings. The fraction of sp³-hybridized carbons (Fsp3) is 0.364. The fourth-order valence-corrected chi connectivity index (χ4v) is 1.07. The molecule has 0 aliphatic carbocycles. The Kier molecular flexibility index (Phi) is 3.66. The summed E-state index contributed by atoms with van der Waals surface area (Å²) in [7, 11) is 0. The molecule has 1 atom stereocenters. The second-order valence-corrected chi connectivity index (χ2v) is 3.28. The van der Waals surface area contributed by atoms with Crippen LogP contribution in [0.25, 0.3) is 0 Å². The number of carboxylic acids is 1. The summed E-state index contributed by atoms with van der Waals surface area (Å²) in [5.41, 5.74) is -0.143. The minimum Gasteiger partial charge on any atom is -0.490 e. The zero-order valence-electron chi connectivity index (χ0n) is 8.66. The highest BCUT2D eigenvalue weighted by Gasteiger charge is 2.14. The van der Waals surface area contributed by atoms with Gasteiger partial charge in [-0.1, -0.05) is 6.92 Å². The topological polar surface area (TPSA) is 46.5 Å². The molecule has 82 valence electrons. The Bertz CT molecular complexity index is 363. The Morgan fingerprint density at radius 2 is 2.27 bits per heavy atom. The van der Waals surface area contributed by atoms with Crippen molar-refractivity contribution >= 4 is 5.97 Å². The number of hydrogen-bond donors (Lipinski definition) is 1. The van der Waals surface area contributed by atoms with Gasteiger partial charge in [0.05, 0.1) is 6.10 Å². The number of benzene rings is 1. The molecule has 1 aromatic carbocycles. The lowest BCUT2D eigenvalue weighted by atomic mass is 10.2. The van der Waals surface area contributed by atoms with Crippen LogP contribution in [0.15, 0.2) is 18.2 Å². The third-order valence-electron chi connectivity index (χ3n) is 2.08. The molecule has 0 saturated carbocycles. The van der Waals surface area contributed by atoms with Crippen molar-refractivity contribution in [2.24, 2.45) is 0 Å². The van der Waals surface area contributed by atoms with E-state index in [1.165, 1.54) is 12.1 Å². The van der Waals surface area contributed by atoms with Gasteiger partial charge in [0.2, 0.25) is 0 Å². The molecular formula is C11H13FO3. The van der Waals surface area contributed by atoms with E-state index in [0.717, 1.165) is 12.5 Å². The van der Waals surface area contributed by atoms with Crippen LogP contribution in [0.4, 0.5) is 4.39 Å². The Balaban J connectivity index is 3.01. The number of ether oxygens (including phenoxy) is 1. The van der Waals surface area contributed by atoms with Gasteiger partial charge in [-0.25, -0.2) is 9.18 Å². The van der Waals surface area contributed by atoms with Crippen LogP contribution in [0.2, 0.25) is 0 Å². The van der Waals surface area contributed by atoms with Crippen LogP contribution in [-0.2, 0) is 0 Å². The van der Waals surface area contributed by atoms with E-state index in [9.17, 15) is 9.18 Å². The van der Waals surface area contributed by atoms with E-state index in [1.54, 1.807) is 0 Å². The molecule has 1 unspecified atom stereocenters. The molecule has 0 saturated heterocycles. The summed E-state index contributed by atoms with van der Waals surface area (Å²) >= 11 is 0. The molecule has 1 rings (SSSR count). The van der Waals surface area contributed by atoms with Crippen LogP contribution in [0.1, 0.15) is 30.6 Å². The molecule has 4 heteroatoms. The molecule has 0 aliphatic heterocycles. The van der Waals surface area contributed by atoms with Gasteiger partial charge in [0, 0.05) is 0 Å². The number of halogens is 1. The third-order valence-corrected chi connectivity index (χ3v) is 2.08. The van der Waals surface area contributed by atoms with Crippen LogP contribution >= 0.6 is 0 Å². The summed E-state index contributed by atoms with van der Waals surface area (Å²) in [5.74, 6) is -1.56. The minimum atomic E-state index is -1.19. The van der Waals surface area contributed by atoms with Gasteiger partial charge in [-0.15, -0.1) is 0 Å². The smallest absolute Gasteiger partial charge is 0.339 e. The summed E-state index contributed by atoms with van der Waals surface area (Å²) in [5, 5.41) is 8.83. The molecule has 3 nitrogen and oxygen atoms in total. The number of carboxylic acid groups (broad SMARTS) is 1. The molecule has 15 heavy (non-hydrogen) atoms. The van der Waals surface area contributed by atoms with Crippen LogP contribution in [0.5, 0.6) is 5.75 Å². The van der Waals surface area contributed by atoms with Gasteiger partial charge in [0.1, 0.15) is 17.1 Å². The molecule has 0 amide bonds. The second kappa shape index (κ2) is 4.77. The van der Waals surface area contributed by atoms with E-state index in [4.69, 9.17) is 9.84 Å². The number of carbonyl (C=O) groups is 1. The predicted molar refractivity (Wildman–Crippen MR) is 53.7 cm³/mol.